The van der Waals surface area contributed by atoms with Gasteiger partial charge in [0.25, 0.3) is 0 Å². The molecule has 0 aliphatic carbocycles. The van der Waals surface area contributed by atoms with Crippen LogP contribution in [0.5, 0.6) is 0 Å². The van der Waals surface area contributed by atoms with Crippen LogP contribution < -0.4 is 0 Å². The quantitative estimate of drug-likeness (QED) is 0.764. The molecule has 0 fully saturated rings. The maximum atomic E-state index is 10.9. The lowest BCUT2D eigenvalue weighted by atomic mass is 9.91. The van der Waals surface area contributed by atoms with Crippen LogP contribution in [0.2, 0.25) is 0 Å². The SMILES string of the molecule is Cc1ncsc1C(C)(C)C(=O)O. The summed E-state index contributed by atoms with van der Waals surface area (Å²) in [6.45, 7) is 5.21. The van der Waals surface area contributed by atoms with Crippen molar-refractivity contribution in [3.05, 3.63) is 16.1 Å². The number of aliphatic carboxylic acids is 1. The summed E-state index contributed by atoms with van der Waals surface area (Å²) < 4.78 is 0. The predicted molar refractivity (Wildman–Crippen MR) is 47.5 cm³/mol. The second-order valence-corrected chi connectivity index (χ2v) is 4.05. The average Bonchev–Trinajstić information content (AvgIpc) is 2.35. The first-order chi connectivity index (χ1) is 5.46. The Morgan fingerprint density at radius 3 is 2.58 bits per heavy atom. The first kappa shape index (κ1) is 9.19. The summed E-state index contributed by atoms with van der Waals surface area (Å²) in [5.41, 5.74) is 1.67. The van der Waals surface area contributed by atoms with E-state index < -0.39 is 11.4 Å². The molecule has 0 spiro atoms. The van der Waals surface area contributed by atoms with Gasteiger partial charge >= 0.3 is 5.97 Å². The summed E-state index contributed by atoms with van der Waals surface area (Å²) in [5.74, 6) is -0.810. The Kier molecular flexibility index (Phi) is 2.19. The molecule has 1 aromatic rings. The minimum Gasteiger partial charge on any atom is -0.481 e. The number of carboxylic acid groups (broad SMARTS) is 1. The molecule has 0 aliphatic rings. The highest BCUT2D eigenvalue weighted by molar-refractivity contribution is 7.10. The van der Waals surface area contributed by atoms with Crippen LogP contribution in [0.25, 0.3) is 0 Å². The fraction of sp³-hybridized carbons (Fsp3) is 0.500. The lowest BCUT2D eigenvalue weighted by Crippen LogP contribution is -2.28. The second kappa shape index (κ2) is 2.86. The van der Waals surface area contributed by atoms with Gasteiger partial charge in [-0.15, -0.1) is 11.3 Å². The van der Waals surface area contributed by atoms with Gasteiger partial charge in [-0.3, -0.25) is 4.79 Å². The molecule has 0 atom stereocenters. The highest BCUT2D eigenvalue weighted by Gasteiger charge is 2.32. The summed E-state index contributed by atoms with van der Waals surface area (Å²) >= 11 is 1.39. The van der Waals surface area contributed by atoms with Crippen molar-refractivity contribution in [3.63, 3.8) is 0 Å². The van der Waals surface area contributed by atoms with E-state index in [0.717, 1.165) is 10.6 Å². The fourth-order valence-electron chi connectivity index (χ4n) is 0.999. The van der Waals surface area contributed by atoms with Gasteiger partial charge in [0.05, 0.1) is 16.6 Å². The molecule has 0 saturated carbocycles. The van der Waals surface area contributed by atoms with Gasteiger partial charge in [-0.1, -0.05) is 0 Å². The third-order valence-electron chi connectivity index (χ3n) is 1.85. The Morgan fingerprint density at radius 1 is 1.67 bits per heavy atom. The summed E-state index contributed by atoms with van der Waals surface area (Å²) in [5, 5.41) is 8.92. The molecule has 4 heteroatoms. The molecule has 0 aromatic carbocycles. The monoisotopic (exact) mass is 185 g/mol. The van der Waals surface area contributed by atoms with Gasteiger partial charge in [0.1, 0.15) is 0 Å². The van der Waals surface area contributed by atoms with Crippen molar-refractivity contribution in [1.82, 2.24) is 4.98 Å². The van der Waals surface area contributed by atoms with Crippen LogP contribution in [0.4, 0.5) is 0 Å². The molecule has 0 aliphatic heterocycles. The minimum atomic E-state index is -0.814. The number of thiazole rings is 1. The summed E-state index contributed by atoms with van der Waals surface area (Å²) in [6.07, 6.45) is 0. The van der Waals surface area contributed by atoms with Crippen molar-refractivity contribution in [2.24, 2.45) is 0 Å². The zero-order valence-corrected chi connectivity index (χ0v) is 8.10. The molecular weight excluding hydrogens is 174 g/mol. The van der Waals surface area contributed by atoms with Crippen LogP contribution in [0.15, 0.2) is 5.51 Å². The predicted octanol–water partition coefficient (Wildman–Crippen LogP) is 1.81. The Bertz CT molecular complexity index is 304. The second-order valence-electron chi connectivity index (χ2n) is 3.20. The molecule has 12 heavy (non-hydrogen) atoms. The van der Waals surface area contributed by atoms with Crippen LogP contribution in [0, 0.1) is 6.92 Å². The smallest absolute Gasteiger partial charge is 0.314 e. The van der Waals surface area contributed by atoms with E-state index in [2.05, 4.69) is 4.98 Å². The molecule has 3 nitrogen and oxygen atoms in total. The molecule has 1 aromatic heterocycles. The van der Waals surface area contributed by atoms with Crippen LogP contribution >= 0.6 is 11.3 Å². The number of hydrogen-bond donors (Lipinski definition) is 1. The van der Waals surface area contributed by atoms with E-state index in [4.69, 9.17) is 5.11 Å². The topological polar surface area (TPSA) is 50.2 Å². The Morgan fingerprint density at radius 2 is 2.25 bits per heavy atom. The van der Waals surface area contributed by atoms with Crippen molar-refractivity contribution in [3.8, 4) is 0 Å². The number of aryl methyl sites for hydroxylation is 1. The van der Waals surface area contributed by atoms with Crippen LogP contribution in [0.1, 0.15) is 24.4 Å². The molecule has 1 rings (SSSR count). The van der Waals surface area contributed by atoms with Gasteiger partial charge in [0.15, 0.2) is 0 Å². The number of nitrogens with zero attached hydrogens (tertiary/aromatic N) is 1. The number of aromatic nitrogens is 1. The van der Waals surface area contributed by atoms with Crippen molar-refractivity contribution in [2.45, 2.75) is 26.2 Å². The zero-order chi connectivity index (χ0) is 9.35. The zero-order valence-electron chi connectivity index (χ0n) is 7.29. The minimum absolute atomic E-state index is 0.810. The standard InChI is InChI=1S/C8H11NO2S/c1-5-6(12-4-9-5)8(2,3)7(10)11/h4H,1-3H3,(H,10,11). The number of hydrogen-bond acceptors (Lipinski definition) is 3. The molecule has 1 N–H and O–H groups in total. The van der Waals surface area contributed by atoms with Crippen molar-refractivity contribution in [2.75, 3.05) is 0 Å². The molecule has 0 unspecified atom stereocenters. The van der Waals surface area contributed by atoms with E-state index in [1.165, 1.54) is 11.3 Å². The summed E-state index contributed by atoms with van der Waals surface area (Å²) in [4.78, 5) is 15.7. The van der Waals surface area contributed by atoms with Gasteiger partial charge in [0, 0.05) is 4.88 Å². The van der Waals surface area contributed by atoms with E-state index in [1.807, 2.05) is 6.92 Å². The Balaban J connectivity index is 3.13. The van der Waals surface area contributed by atoms with E-state index in [9.17, 15) is 4.79 Å². The highest BCUT2D eigenvalue weighted by atomic mass is 32.1. The van der Waals surface area contributed by atoms with E-state index in [-0.39, 0.29) is 0 Å². The number of rotatable bonds is 2. The van der Waals surface area contributed by atoms with Gasteiger partial charge in [0.2, 0.25) is 0 Å². The molecule has 0 saturated heterocycles. The maximum absolute atomic E-state index is 10.9. The largest absolute Gasteiger partial charge is 0.481 e. The lowest BCUT2D eigenvalue weighted by Gasteiger charge is -2.17. The average molecular weight is 185 g/mol. The lowest BCUT2D eigenvalue weighted by molar-refractivity contribution is -0.142. The number of carboxylic acids is 1. The van der Waals surface area contributed by atoms with E-state index in [1.54, 1.807) is 19.4 Å². The normalized spacial score (nSPS) is 11.6. The summed E-state index contributed by atoms with van der Waals surface area (Å²) in [6, 6.07) is 0. The van der Waals surface area contributed by atoms with Crippen LogP contribution in [0.3, 0.4) is 0 Å². The van der Waals surface area contributed by atoms with Crippen LogP contribution in [-0.4, -0.2) is 16.1 Å². The van der Waals surface area contributed by atoms with Crippen molar-refractivity contribution >= 4 is 17.3 Å². The Hall–Kier alpha value is -0.900. The van der Waals surface area contributed by atoms with Gasteiger partial charge in [-0.25, -0.2) is 4.98 Å². The van der Waals surface area contributed by atoms with Crippen molar-refractivity contribution in [1.29, 1.82) is 0 Å². The highest BCUT2D eigenvalue weighted by Crippen LogP contribution is 2.29. The van der Waals surface area contributed by atoms with Gasteiger partial charge in [-0.2, -0.15) is 0 Å². The molecule has 66 valence electrons. The van der Waals surface area contributed by atoms with Gasteiger partial charge in [-0.05, 0) is 20.8 Å². The first-order valence-electron chi connectivity index (χ1n) is 3.60. The molecule has 1 heterocycles. The van der Waals surface area contributed by atoms with Crippen molar-refractivity contribution < 1.29 is 9.90 Å². The van der Waals surface area contributed by atoms with Crippen LogP contribution in [-0.2, 0) is 10.2 Å². The summed E-state index contributed by atoms with van der Waals surface area (Å²) in [7, 11) is 0. The van der Waals surface area contributed by atoms with E-state index >= 15 is 0 Å². The molecule has 0 amide bonds. The Labute approximate surface area is 75.1 Å². The third-order valence-corrected chi connectivity index (χ3v) is 3.10. The third kappa shape index (κ3) is 1.34. The molecule has 0 bridgehead atoms. The fourth-order valence-corrected chi connectivity index (χ4v) is 1.92. The molecular formula is C8H11NO2S. The van der Waals surface area contributed by atoms with Gasteiger partial charge < -0.3 is 5.11 Å². The maximum Gasteiger partial charge on any atom is 0.314 e. The molecule has 0 radical (unpaired) electrons. The number of carbonyl (C=O) groups is 1. The first-order valence-corrected chi connectivity index (χ1v) is 4.48. The van der Waals surface area contributed by atoms with E-state index in [0.29, 0.717) is 0 Å².